The van der Waals surface area contributed by atoms with E-state index in [2.05, 4.69) is 13.8 Å². The number of carbonyl (C=O) groups is 1. The van der Waals surface area contributed by atoms with Crippen molar-refractivity contribution in [1.29, 1.82) is 0 Å². The Morgan fingerprint density at radius 1 is 1.53 bits per heavy atom. The van der Waals surface area contributed by atoms with Crippen LogP contribution in [-0.4, -0.2) is 36.4 Å². The standard InChI is InChI=1S/C10H18F2N2O/c1-10(2)3-4-14(6-10)9(15)7(13)5-8(11)12/h7-8H,3-6,13H2,1-2H3. The van der Waals surface area contributed by atoms with Gasteiger partial charge >= 0.3 is 0 Å². The van der Waals surface area contributed by atoms with Gasteiger partial charge < -0.3 is 10.6 Å². The molecule has 0 aliphatic carbocycles. The molecule has 1 saturated heterocycles. The summed E-state index contributed by atoms with van der Waals surface area (Å²) in [6.45, 7) is 5.35. The third kappa shape index (κ3) is 3.41. The van der Waals surface area contributed by atoms with E-state index < -0.39 is 18.9 Å². The molecule has 3 nitrogen and oxygen atoms in total. The zero-order chi connectivity index (χ0) is 11.6. The number of hydrogen-bond acceptors (Lipinski definition) is 2. The predicted molar refractivity (Wildman–Crippen MR) is 53.6 cm³/mol. The van der Waals surface area contributed by atoms with E-state index in [9.17, 15) is 13.6 Å². The summed E-state index contributed by atoms with van der Waals surface area (Å²) in [6, 6.07) is -1.06. The average Bonchev–Trinajstić information content (AvgIpc) is 2.43. The molecule has 5 heteroatoms. The Bertz CT molecular complexity index is 244. The summed E-state index contributed by atoms with van der Waals surface area (Å²) in [5.41, 5.74) is 5.50. The first-order valence-electron chi connectivity index (χ1n) is 5.14. The Labute approximate surface area is 88.6 Å². The van der Waals surface area contributed by atoms with Crippen LogP contribution >= 0.6 is 0 Å². The van der Waals surface area contributed by atoms with Crippen LogP contribution in [0, 0.1) is 5.41 Å². The molecule has 1 unspecified atom stereocenters. The highest BCUT2D eigenvalue weighted by atomic mass is 19.3. The lowest BCUT2D eigenvalue weighted by Gasteiger charge is -2.22. The molecule has 1 heterocycles. The largest absolute Gasteiger partial charge is 0.341 e. The van der Waals surface area contributed by atoms with Crippen molar-refractivity contribution in [3.05, 3.63) is 0 Å². The maximum absolute atomic E-state index is 12.0. The van der Waals surface area contributed by atoms with Crippen molar-refractivity contribution in [1.82, 2.24) is 4.90 Å². The fourth-order valence-corrected chi connectivity index (χ4v) is 1.83. The number of alkyl halides is 2. The normalized spacial score (nSPS) is 22.1. The van der Waals surface area contributed by atoms with Gasteiger partial charge in [0.05, 0.1) is 6.04 Å². The van der Waals surface area contributed by atoms with Crippen LogP contribution in [0.1, 0.15) is 26.7 Å². The second kappa shape index (κ2) is 4.43. The molecule has 1 fully saturated rings. The maximum atomic E-state index is 12.0. The van der Waals surface area contributed by atoms with Gasteiger partial charge in [0.2, 0.25) is 12.3 Å². The van der Waals surface area contributed by atoms with Crippen LogP contribution in [-0.2, 0) is 4.79 Å². The van der Waals surface area contributed by atoms with Gasteiger partial charge in [0, 0.05) is 19.5 Å². The van der Waals surface area contributed by atoms with E-state index in [-0.39, 0.29) is 11.3 Å². The van der Waals surface area contributed by atoms with Crippen molar-refractivity contribution in [2.45, 2.75) is 39.2 Å². The smallest absolute Gasteiger partial charge is 0.240 e. The summed E-state index contributed by atoms with van der Waals surface area (Å²) in [5, 5.41) is 0. The lowest BCUT2D eigenvalue weighted by Crippen LogP contribution is -2.44. The first-order valence-corrected chi connectivity index (χ1v) is 5.14. The number of nitrogens with zero attached hydrogens (tertiary/aromatic N) is 1. The maximum Gasteiger partial charge on any atom is 0.240 e. The summed E-state index contributed by atoms with van der Waals surface area (Å²) in [4.78, 5) is 13.2. The molecule has 0 aromatic carbocycles. The Hall–Kier alpha value is -0.710. The van der Waals surface area contributed by atoms with Crippen molar-refractivity contribution in [3.8, 4) is 0 Å². The van der Waals surface area contributed by atoms with Crippen LogP contribution in [0.2, 0.25) is 0 Å². The molecule has 0 radical (unpaired) electrons. The summed E-state index contributed by atoms with van der Waals surface area (Å²) in [6.07, 6.45) is -2.16. The predicted octanol–water partition coefficient (Wildman–Crippen LogP) is 1.23. The van der Waals surface area contributed by atoms with Crippen molar-refractivity contribution in [2.75, 3.05) is 13.1 Å². The highest BCUT2D eigenvalue weighted by Gasteiger charge is 2.34. The summed E-state index contributed by atoms with van der Waals surface area (Å²) in [7, 11) is 0. The third-order valence-electron chi connectivity index (χ3n) is 2.74. The molecular formula is C10H18F2N2O. The van der Waals surface area contributed by atoms with Crippen LogP contribution in [0.5, 0.6) is 0 Å². The van der Waals surface area contributed by atoms with Crippen molar-refractivity contribution in [2.24, 2.45) is 11.1 Å². The van der Waals surface area contributed by atoms with Gasteiger partial charge in [0.1, 0.15) is 0 Å². The van der Waals surface area contributed by atoms with Crippen LogP contribution in [0.25, 0.3) is 0 Å². The number of rotatable bonds is 3. The van der Waals surface area contributed by atoms with Crippen LogP contribution in [0.3, 0.4) is 0 Å². The van der Waals surface area contributed by atoms with Gasteiger partial charge in [-0.05, 0) is 11.8 Å². The minimum Gasteiger partial charge on any atom is -0.341 e. The van der Waals surface area contributed by atoms with Gasteiger partial charge in [0.25, 0.3) is 0 Å². The zero-order valence-corrected chi connectivity index (χ0v) is 9.17. The highest BCUT2D eigenvalue weighted by molar-refractivity contribution is 5.82. The van der Waals surface area contributed by atoms with Gasteiger partial charge in [-0.1, -0.05) is 13.8 Å². The van der Waals surface area contributed by atoms with E-state index in [1.54, 1.807) is 4.90 Å². The van der Waals surface area contributed by atoms with Crippen molar-refractivity contribution in [3.63, 3.8) is 0 Å². The van der Waals surface area contributed by atoms with E-state index in [1.807, 2.05) is 0 Å². The van der Waals surface area contributed by atoms with E-state index in [0.29, 0.717) is 13.1 Å². The average molecular weight is 220 g/mol. The summed E-state index contributed by atoms with van der Waals surface area (Å²) < 4.78 is 24.1. The Balaban J connectivity index is 2.48. The van der Waals surface area contributed by atoms with Gasteiger partial charge in [-0.3, -0.25) is 4.79 Å². The lowest BCUT2D eigenvalue weighted by molar-refractivity contribution is -0.132. The minimum atomic E-state index is -2.51. The van der Waals surface area contributed by atoms with Gasteiger partial charge in [-0.25, -0.2) is 8.78 Å². The monoisotopic (exact) mass is 220 g/mol. The molecule has 0 bridgehead atoms. The number of halogens is 2. The molecule has 0 spiro atoms. The molecule has 15 heavy (non-hydrogen) atoms. The molecule has 0 aromatic rings. The van der Waals surface area contributed by atoms with E-state index in [0.717, 1.165) is 6.42 Å². The quantitative estimate of drug-likeness (QED) is 0.777. The summed E-state index contributed by atoms with van der Waals surface area (Å²) >= 11 is 0. The van der Waals surface area contributed by atoms with Gasteiger partial charge in [0.15, 0.2) is 0 Å². The number of likely N-dealkylation sites (tertiary alicyclic amines) is 1. The van der Waals surface area contributed by atoms with Crippen LogP contribution < -0.4 is 5.73 Å². The van der Waals surface area contributed by atoms with Crippen LogP contribution in [0.4, 0.5) is 8.78 Å². The minimum absolute atomic E-state index is 0.0835. The Morgan fingerprint density at radius 3 is 2.53 bits per heavy atom. The zero-order valence-electron chi connectivity index (χ0n) is 9.17. The molecule has 0 saturated carbocycles. The Morgan fingerprint density at radius 2 is 2.13 bits per heavy atom. The first-order chi connectivity index (χ1) is 6.82. The lowest BCUT2D eigenvalue weighted by atomic mass is 9.93. The number of amides is 1. The second-order valence-corrected chi connectivity index (χ2v) is 4.91. The van der Waals surface area contributed by atoms with Gasteiger partial charge in [-0.2, -0.15) is 0 Å². The molecule has 2 N–H and O–H groups in total. The van der Waals surface area contributed by atoms with E-state index in [1.165, 1.54) is 0 Å². The molecular weight excluding hydrogens is 202 g/mol. The molecule has 0 aromatic heterocycles. The third-order valence-corrected chi connectivity index (χ3v) is 2.74. The van der Waals surface area contributed by atoms with E-state index >= 15 is 0 Å². The van der Waals surface area contributed by atoms with Crippen molar-refractivity contribution >= 4 is 5.91 Å². The topological polar surface area (TPSA) is 46.3 Å². The first kappa shape index (κ1) is 12.4. The highest BCUT2D eigenvalue weighted by Crippen LogP contribution is 2.29. The number of nitrogens with two attached hydrogens (primary N) is 1. The molecule has 1 atom stereocenters. The van der Waals surface area contributed by atoms with Crippen molar-refractivity contribution < 1.29 is 13.6 Å². The summed E-state index contributed by atoms with van der Waals surface area (Å²) in [5.74, 6) is -0.346. The molecule has 88 valence electrons. The fraction of sp³-hybridized carbons (Fsp3) is 0.900. The number of hydrogen-bond donors (Lipinski definition) is 1. The SMILES string of the molecule is CC1(C)CCN(C(=O)C(N)CC(F)F)C1. The second-order valence-electron chi connectivity index (χ2n) is 4.91. The molecule has 1 rings (SSSR count). The molecule has 1 amide bonds. The van der Waals surface area contributed by atoms with Gasteiger partial charge in [-0.15, -0.1) is 0 Å². The van der Waals surface area contributed by atoms with E-state index in [4.69, 9.17) is 5.73 Å². The fourth-order valence-electron chi connectivity index (χ4n) is 1.83. The van der Waals surface area contributed by atoms with Crippen LogP contribution in [0.15, 0.2) is 0 Å². The molecule has 1 aliphatic rings. The number of carbonyl (C=O) groups excluding carboxylic acids is 1. The Kier molecular flexibility index (Phi) is 3.65. The molecule has 1 aliphatic heterocycles.